The molecular formula is C11H11N3O3S2. The Morgan fingerprint density at radius 3 is 2.89 bits per heavy atom. The maximum atomic E-state index is 12.1. The smallest absolute Gasteiger partial charge is 0.350 e. The lowest BCUT2D eigenvalue weighted by atomic mass is 10.3. The number of nitrogens with zero attached hydrogens (tertiary/aromatic N) is 2. The second kappa shape index (κ2) is 5.89. The average molecular weight is 297 g/mol. The van der Waals surface area contributed by atoms with Crippen molar-refractivity contribution in [1.29, 1.82) is 0 Å². The van der Waals surface area contributed by atoms with Gasteiger partial charge in [-0.3, -0.25) is 4.79 Å². The van der Waals surface area contributed by atoms with Crippen LogP contribution in [-0.4, -0.2) is 28.6 Å². The van der Waals surface area contributed by atoms with Crippen LogP contribution in [0.1, 0.15) is 32.0 Å². The number of hydrogen-bond donors (Lipinski definition) is 1. The summed E-state index contributed by atoms with van der Waals surface area (Å²) in [7, 11) is 1.30. The molecule has 2 rings (SSSR count). The zero-order chi connectivity index (χ0) is 13.8. The van der Waals surface area contributed by atoms with Crippen LogP contribution in [0.2, 0.25) is 0 Å². The molecule has 6 nitrogen and oxygen atoms in total. The summed E-state index contributed by atoms with van der Waals surface area (Å²) >= 11 is 2.25. The van der Waals surface area contributed by atoms with Crippen molar-refractivity contribution in [2.75, 3.05) is 12.4 Å². The average Bonchev–Trinajstić information content (AvgIpc) is 3.05. The maximum Gasteiger partial charge on any atom is 0.350 e. The maximum absolute atomic E-state index is 12.1. The molecular weight excluding hydrogens is 286 g/mol. The van der Waals surface area contributed by atoms with Gasteiger partial charge < -0.3 is 10.1 Å². The van der Waals surface area contributed by atoms with Crippen LogP contribution in [0.5, 0.6) is 0 Å². The highest BCUT2D eigenvalue weighted by atomic mass is 32.1. The first-order chi connectivity index (χ1) is 9.17. The molecule has 0 aromatic carbocycles. The second-order valence-corrected chi connectivity index (χ2v) is 5.18. The van der Waals surface area contributed by atoms with Crippen molar-refractivity contribution in [2.45, 2.75) is 13.3 Å². The molecule has 0 bridgehead atoms. The largest absolute Gasteiger partial charge is 0.465 e. The highest BCUT2D eigenvalue weighted by Crippen LogP contribution is 2.24. The normalized spacial score (nSPS) is 10.2. The fraction of sp³-hybridized carbons (Fsp3) is 0.273. The Balaban J connectivity index is 2.20. The molecule has 19 heavy (non-hydrogen) atoms. The van der Waals surface area contributed by atoms with Gasteiger partial charge in [0, 0.05) is 0 Å². The van der Waals surface area contributed by atoms with E-state index in [1.165, 1.54) is 18.4 Å². The van der Waals surface area contributed by atoms with Crippen molar-refractivity contribution >= 4 is 40.4 Å². The molecule has 1 amide bonds. The molecule has 2 aromatic heterocycles. The number of methoxy groups -OCH3 is 1. The van der Waals surface area contributed by atoms with Crippen molar-refractivity contribution in [3.05, 3.63) is 26.9 Å². The van der Waals surface area contributed by atoms with Crippen LogP contribution in [0.3, 0.4) is 0 Å². The minimum absolute atomic E-state index is 0.310. The summed E-state index contributed by atoms with van der Waals surface area (Å²) in [5.41, 5.74) is 1.09. The van der Waals surface area contributed by atoms with E-state index >= 15 is 0 Å². The van der Waals surface area contributed by atoms with Crippen LogP contribution in [-0.2, 0) is 11.2 Å². The number of nitrogens with one attached hydrogen (secondary N) is 1. The van der Waals surface area contributed by atoms with Gasteiger partial charge in [-0.25, -0.2) is 4.79 Å². The molecule has 2 aromatic rings. The van der Waals surface area contributed by atoms with Gasteiger partial charge in [0.1, 0.15) is 9.75 Å². The molecule has 0 saturated heterocycles. The quantitative estimate of drug-likeness (QED) is 0.875. The van der Waals surface area contributed by atoms with Crippen molar-refractivity contribution < 1.29 is 14.3 Å². The van der Waals surface area contributed by atoms with Crippen LogP contribution in [0.4, 0.5) is 5.69 Å². The van der Waals surface area contributed by atoms with Gasteiger partial charge in [-0.1, -0.05) is 11.4 Å². The Kier molecular flexibility index (Phi) is 4.23. The molecule has 0 radical (unpaired) electrons. The predicted molar refractivity (Wildman–Crippen MR) is 72.9 cm³/mol. The summed E-state index contributed by atoms with van der Waals surface area (Å²) < 4.78 is 8.41. The van der Waals surface area contributed by atoms with Gasteiger partial charge in [0.2, 0.25) is 0 Å². The van der Waals surface area contributed by atoms with Gasteiger partial charge in [-0.2, -0.15) is 0 Å². The molecule has 0 fully saturated rings. The van der Waals surface area contributed by atoms with Crippen LogP contribution >= 0.6 is 22.9 Å². The predicted octanol–water partition coefficient (Wildman–Crippen LogP) is 2.20. The molecule has 0 saturated carbocycles. The van der Waals surface area contributed by atoms with E-state index in [0.29, 0.717) is 27.6 Å². The summed E-state index contributed by atoms with van der Waals surface area (Å²) in [5, 5.41) is 8.28. The number of rotatable bonds is 4. The van der Waals surface area contributed by atoms with Crippen LogP contribution in [0.15, 0.2) is 11.4 Å². The van der Waals surface area contributed by atoms with E-state index < -0.39 is 5.97 Å². The third kappa shape index (κ3) is 2.79. The number of amides is 1. The van der Waals surface area contributed by atoms with Crippen molar-refractivity contribution in [1.82, 2.24) is 9.59 Å². The van der Waals surface area contributed by atoms with E-state index in [2.05, 4.69) is 19.6 Å². The molecule has 0 aliphatic heterocycles. The van der Waals surface area contributed by atoms with E-state index in [1.54, 1.807) is 11.4 Å². The summed E-state index contributed by atoms with van der Waals surface area (Å²) in [6.45, 7) is 1.90. The standard InChI is InChI=1S/C11H11N3O3S2/c1-3-6-8(19-14-13-6)10(15)12-7-4-5-18-9(7)11(16)17-2/h4-5H,3H2,1-2H3,(H,12,15). The third-order valence-corrected chi connectivity index (χ3v) is 4.04. The third-order valence-electron chi connectivity index (χ3n) is 2.38. The molecule has 0 unspecified atom stereocenters. The highest BCUT2D eigenvalue weighted by Gasteiger charge is 2.19. The number of anilines is 1. The van der Waals surface area contributed by atoms with Gasteiger partial charge in [0.25, 0.3) is 5.91 Å². The Morgan fingerprint density at radius 1 is 1.42 bits per heavy atom. The number of esters is 1. The Labute approximate surface area is 117 Å². The molecule has 0 aliphatic rings. The minimum Gasteiger partial charge on any atom is -0.465 e. The van der Waals surface area contributed by atoms with E-state index in [9.17, 15) is 9.59 Å². The number of ether oxygens (including phenoxy) is 1. The van der Waals surface area contributed by atoms with Crippen LogP contribution in [0, 0.1) is 0 Å². The monoisotopic (exact) mass is 297 g/mol. The zero-order valence-corrected chi connectivity index (χ0v) is 11.9. The fourth-order valence-electron chi connectivity index (χ4n) is 1.45. The lowest BCUT2D eigenvalue weighted by Crippen LogP contribution is -2.14. The molecule has 8 heteroatoms. The molecule has 1 N–H and O–H groups in total. The molecule has 100 valence electrons. The van der Waals surface area contributed by atoms with E-state index in [-0.39, 0.29) is 5.91 Å². The summed E-state index contributed by atoms with van der Waals surface area (Å²) in [5.74, 6) is -0.779. The van der Waals surface area contributed by atoms with Crippen molar-refractivity contribution in [2.24, 2.45) is 0 Å². The van der Waals surface area contributed by atoms with E-state index in [0.717, 1.165) is 11.5 Å². The Bertz CT molecular complexity index is 606. The first-order valence-electron chi connectivity index (χ1n) is 5.45. The van der Waals surface area contributed by atoms with Crippen LogP contribution < -0.4 is 5.32 Å². The first kappa shape index (κ1) is 13.6. The number of aromatic nitrogens is 2. The van der Waals surface area contributed by atoms with E-state index in [4.69, 9.17) is 0 Å². The lowest BCUT2D eigenvalue weighted by molar-refractivity contribution is 0.0607. The molecule has 2 heterocycles. The van der Waals surface area contributed by atoms with Gasteiger partial charge in [-0.05, 0) is 29.4 Å². The second-order valence-electron chi connectivity index (χ2n) is 3.51. The SMILES string of the molecule is CCc1nnsc1C(=O)Nc1ccsc1C(=O)OC. The van der Waals surface area contributed by atoms with Crippen molar-refractivity contribution in [3.63, 3.8) is 0 Å². The zero-order valence-electron chi connectivity index (χ0n) is 10.3. The summed E-state index contributed by atoms with van der Waals surface area (Å²) in [4.78, 5) is 24.4. The van der Waals surface area contributed by atoms with Crippen molar-refractivity contribution in [3.8, 4) is 0 Å². The van der Waals surface area contributed by atoms with Crippen LogP contribution in [0.25, 0.3) is 0 Å². The topological polar surface area (TPSA) is 81.2 Å². The molecule has 0 atom stereocenters. The molecule has 0 aliphatic carbocycles. The molecule has 0 spiro atoms. The lowest BCUT2D eigenvalue weighted by Gasteiger charge is -2.04. The summed E-state index contributed by atoms with van der Waals surface area (Å²) in [6.07, 6.45) is 0.632. The summed E-state index contributed by atoms with van der Waals surface area (Å²) in [6, 6.07) is 1.66. The number of hydrogen-bond acceptors (Lipinski definition) is 7. The van der Waals surface area contributed by atoms with Gasteiger partial charge in [0.05, 0.1) is 18.5 Å². The van der Waals surface area contributed by atoms with Gasteiger partial charge >= 0.3 is 5.97 Å². The number of aryl methyl sites for hydroxylation is 1. The number of carbonyl (C=O) groups excluding carboxylic acids is 2. The first-order valence-corrected chi connectivity index (χ1v) is 7.11. The van der Waals surface area contributed by atoms with Gasteiger partial charge in [-0.15, -0.1) is 16.4 Å². The fourth-order valence-corrected chi connectivity index (χ4v) is 2.86. The van der Waals surface area contributed by atoms with Gasteiger partial charge in [0.15, 0.2) is 0 Å². The number of carbonyl (C=O) groups is 2. The minimum atomic E-state index is -0.469. The Hall–Kier alpha value is -1.80. The Morgan fingerprint density at radius 2 is 2.21 bits per heavy atom. The number of thiophene rings is 1. The highest BCUT2D eigenvalue weighted by molar-refractivity contribution is 7.12. The van der Waals surface area contributed by atoms with E-state index in [1.807, 2.05) is 6.92 Å².